The van der Waals surface area contributed by atoms with Crippen LogP contribution < -0.4 is 5.56 Å². The van der Waals surface area contributed by atoms with E-state index in [-0.39, 0.29) is 17.3 Å². The van der Waals surface area contributed by atoms with Crippen LogP contribution in [0.3, 0.4) is 0 Å². The molecule has 2 aliphatic heterocycles. The summed E-state index contributed by atoms with van der Waals surface area (Å²) in [7, 11) is 1.31. The number of fused-ring (bicyclic) bond motifs is 5. The van der Waals surface area contributed by atoms with Gasteiger partial charge in [-0.1, -0.05) is 31.4 Å². The number of carbonyl (C=O) groups is 1. The first-order valence-corrected chi connectivity index (χ1v) is 12.5. The number of rotatable bonds is 3. The van der Waals surface area contributed by atoms with Crippen molar-refractivity contribution in [3.8, 4) is 0 Å². The van der Waals surface area contributed by atoms with Gasteiger partial charge in [0.15, 0.2) is 0 Å². The molecule has 3 heterocycles. The first kappa shape index (κ1) is 20.4. The molecule has 0 N–H and O–H groups in total. The van der Waals surface area contributed by atoms with Gasteiger partial charge in [0.25, 0.3) is 5.56 Å². The summed E-state index contributed by atoms with van der Waals surface area (Å²) in [6, 6.07) is 9.61. The van der Waals surface area contributed by atoms with E-state index in [4.69, 9.17) is 4.74 Å². The third-order valence-electron chi connectivity index (χ3n) is 8.83. The van der Waals surface area contributed by atoms with Crippen LogP contribution in [0, 0.1) is 11.8 Å². The fraction of sp³-hybridized carbons (Fsp3) is 0.654. The largest absolute Gasteiger partial charge is 0.464 e. The molecule has 0 amide bonds. The van der Waals surface area contributed by atoms with E-state index in [1.807, 2.05) is 28.8 Å². The fourth-order valence-corrected chi connectivity index (χ4v) is 7.68. The molecule has 2 saturated carbocycles. The maximum atomic E-state index is 13.4. The van der Waals surface area contributed by atoms with Gasteiger partial charge in [0.2, 0.25) is 5.69 Å². The van der Waals surface area contributed by atoms with Crippen LogP contribution in [-0.2, 0) is 4.74 Å². The summed E-state index contributed by atoms with van der Waals surface area (Å²) < 4.78 is 6.74. The van der Waals surface area contributed by atoms with Crippen molar-refractivity contribution < 1.29 is 9.53 Å². The van der Waals surface area contributed by atoms with Crippen molar-refractivity contribution >= 4 is 17.0 Å². The Morgan fingerprint density at radius 2 is 1.59 bits per heavy atom. The maximum absolute atomic E-state index is 13.4. The SMILES string of the molecule is COC(=O)c1nc2ccccc2n([C@H]2C[C@H]3CC[C@@H](C2)N3C2CC3CCCC(C3)C2)c1=O. The van der Waals surface area contributed by atoms with Crippen LogP contribution in [0.2, 0.25) is 0 Å². The minimum Gasteiger partial charge on any atom is -0.464 e. The highest BCUT2D eigenvalue weighted by Gasteiger charge is 2.47. The number of piperidine rings is 1. The number of ether oxygens (including phenoxy) is 1. The van der Waals surface area contributed by atoms with Crippen molar-refractivity contribution in [1.82, 2.24) is 14.5 Å². The van der Waals surface area contributed by atoms with Gasteiger partial charge in [-0.3, -0.25) is 9.69 Å². The lowest BCUT2D eigenvalue weighted by Gasteiger charge is -2.49. The van der Waals surface area contributed by atoms with Crippen LogP contribution >= 0.6 is 0 Å². The molecule has 4 fully saturated rings. The molecule has 0 spiro atoms. The molecule has 2 aromatic rings. The van der Waals surface area contributed by atoms with Gasteiger partial charge in [0.05, 0.1) is 18.1 Å². The Hall–Kier alpha value is -2.21. The quantitative estimate of drug-likeness (QED) is 0.672. The molecular formula is C26H33N3O3. The minimum absolute atomic E-state index is 0.0962. The Morgan fingerprint density at radius 1 is 0.906 bits per heavy atom. The number of hydrogen-bond acceptors (Lipinski definition) is 5. The van der Waals surface area contributed by atoms with E-state index in [2.05, 4.69) is 9.88 Å². The smallest absolute Gasteiger partial charge is 0.362 e. The van der Waals surface area contributed by atoms with Crippen LogP contribution in [0.4, 0.5) is 0 Å². The fourth-order valence-electron chi connectivity index (χ4n) is 7.68. The van der Waals surface area contributed by atoms with Gasteiger partial charge in [0.1, 0.15) is 0 Å². The summed E-state index contributed by atoms with van der Waals surface area (Å²) in [5, 5.41) is 0. The monoisotopic (exact) mass is 435 g/mol. The molecule has 4 bridgehead atoms. The Bertz CT molecular complexity index is 1070. The lowest BCUT2D eigenvalue weighted by atomic mass is 9.69. The van der Waals surface area contributed by atoms with Gasteiger partial charge >= 0.3 is 5.97 Å². The predicted molar refractivity (Wildman–Crippen MR) is 123 cm³/mol. The number of nitrogens with zero attached hydrogens (tertiary/aromatic N) is 3. The zero-order chi connectivity index (χ0) is 21.8. The third kappa shape index (κ3) is 3.30. The molecule has 5 atom stereocenters. The first-order chi connectivity index (χ1) is 15.6. The first-order valence-electron chi connectivity index (χ1n) is 12.5. The van der Waals surface area contributed by atoms with Crippen molar-refractivity contribution in [3.05, 3.63) is 40.3 Å². The van der Waals surface area contributed by atoms with Crippen LogP contribution in [-0.4, -0.2) is 45.7 Å². The standard InChI is InChI=1S/C26H33N3O3/c1-32-26(31)24-25(30)29(23-8-3-2-7-22(23)27-24)21-14-18-9-10-19(15-21)28(18)20-12-16-5-4-6-17(11-16)13-20/h2-3,7-8,16-21H,4-6,9-15H2,1H3/t16?,17?,18-,19+,20?,21+. The molecule has 6 heteroatoms. The minimum atomic E-state index is -0.649. The Labute approximate surface area is 189 Å². The summed E-state index contributed by atoms with van der Waals surface area (Å²) in [5.41, 5.74) is 1.11. The summed E-state index contributed by atoms with van der Waals surface area (Å²) in [6.45, 7) is 0. The second-order valence-corrected chi connectivity index (χ2v) is 10.6. The molecule has 1 aromatic heterocycles. The normalized spacial score (nSPS) is 34.5. The zero-order valence-electron chi connectivity index (χ0n) is 18.9. The van der Waals surface area contributed by atoms with E-state index in [0.29, 0.717) is 17.6 Å². The average molecular weight is 436 g/mol. The second kappa shape index (κ2) is 7.98. The average Bonchev–Trinajstić information content (AvgIpc) is 3.07. The lowest BCUT2D eigenvalue weighted by Crippen LogP contribution is -2.52. The van der Waals surface area contributed by atoms with Crippen LogP contribution in [0.25, 0.3) is 11.0 Å². The molecule has 170 valence electrons. The van der Waals surface area contributed by atoms with Crippen molar-refractivity contribution in [2.24, 2.45) is 11.8 Å². The summed E-state index contributed by atoms with van der Waals surface area (Å²) >= 11 is 0. The Morgan fingerprint density at radius 3 is 2.28 bits per heavy atom. The number of esters is 1. The Balaban J connectivity index is 1.33. The molecule has 6 rings (SSSR count). The molecule has 6 nitrogen and oxygen atoms in total. The van der Waals surface area contributed by atoms with Crippen molar-refractivity contribution in [2.45, 2.75) is 88.4 Å². The van der Waals surface area contributed by atoms with Gasteiger partial charge in [-0.05, 0) is 68.9 Å². The number of hydrogen-bond donors (Lipinski definition) is 0. The highest BCUT2D eigenvalue weighted by Crippen LogP contribution is 2.48. The molecule has 2 aliphatic carbocycles. The van der Waals surface area contributed by atoms with Crippen molar-refractivity contribution in [2.75, 3.05) is 7.11 Å². The van der Waals surface area contributed by atoms with Crippen LogP contribution in [0.5, 0.6) is 0 Å². The van der Waals surface area contributed by atoms with E-state index < -0.39 is 5.97 Å². The summed E-state index contributed by atoms with van der Waals surface area (Å²) in [4.78, 5) is 32.9. The van der Waals surface area contributed by atoms with E-state index in [9.17, 15) is 9.59 Å². The van der Waals surface area contributed by atoms with Gasteiger partial charge in [-0.25, -0.2) is 9.78 Å². The van der Waals surface area contributed by atoms with Crippen LogP contribution in [0.15, 0.2) is 29.1 Å². The zero-order valence-corrected chi connectivity index (χ0v) is 18.9. The van der Waals surface area contributed by atoms with E-state index >= 15 is 0 Å². The van der Waals surface area contributed by atoms with Gasteiger partial charge in [0, 0.05) is 24.2 Å². The van der Waals surface area contributed by atoms with Gasteiger partial charge < -0.3 is 9.30 Å². The molecule has 2 unspecified atom stereocenters. The number of para-hydroxylation sites is 2. The summed E-state index contributed by atoms with van der Waals surface area (Å²) in [5.74, 6) is 1.21. The van der Waals surface area contributed by atoms with Crippen molar-refractivity contribution in [3.63, 3.8) is 0 Å². The highest BCUT2D eigenvalue weighted by atomic mass is 16.5. The van der Waals surface area contributed by atoms with Crippen molar-refractivity contribution in [1.29, 1.82) is 0 Å². The molecule has 1 aromatic carbocycles. The molecular weight excluding hydrogens is 402 g/mol. The van der Waals surface area contributed by atoms with Crippen LogP contribution in [0.1, 0.15) is 80.7 Å². The second-order valence-electron chi connectivity index (χ2n) is 10.6. The molecule has 32 heavy (non-hydrogen) atoms. The summed E-state index contributed by atoms with van der Waals surface area (Å²) in [6.07, 6.45) is 12.9. The number of carbonyl (C=O) groups excluding carboxylic acids is 1. The number of aromatic nitrogens is 2. The predicted octanol–water partition coefficient (Wildman–Crippen LogP) is 4.32. The van der Waals surface area contributed by atoms with E-state index in [1.54, 1.807) is 0 Å². The van der Waals surface area contributed by atoms with E-state index in [0.717, 1.165) is 36.2 Å². The van der Waals surface area contributed by atoms with Gasteiger partial charge in [-0.15, -0.1) is 0 Å². The topological polar surface area (TPSA) is 64.4 Å². The number of methoxy groups -OCH3 is 1. The highest BCUT2D eigenvalue weighted by molar-refractivity contribution is 5.89. The Kier molecular flexibility index (Phi) is 5.09. The molecule has 4 aliphatic rings. The van der Waals surface area contributed by atoms with Gasteiger partial charge in [-0.2, -0.15) is 0 Å². The maximum Gasteiger partial charge on any atom is 0.362 e. The third-order valence-corrected chi connectivity index (χ3v) is 8.83. The molecule has 0 radical (unpaired) electrons. The molecule has 2 saturated heterocycles. The lowest BCUT2D eigenvalue weighted by molar-refractivity contribution is 0.00785. The number of benzene rings is 1. The van der Waals surface area contributed by atoms with E-state index in [1.165, 1.54) is 58.5 Å².